The van der Waals surface area contributed by atoms with Crippen molar-refractivity contribution >= 4 is 26.8 Å². The molecule has 4 rings (SSSR count). The number of benzene rings is 1. The SMILES string of the molecule is Brc1ccc2c(ccn2Cc2ccn(C3CCCC3)n2)c1. The molecule has 0 atom stereocenters. The molecule has 3 nitrogen and oxygen atoms in total. The summed E-state index contributed by atoms with van der Waals surface area (Å²) in [6.45, 7) is 0.838. The van der Waals surface area contributed by atoms with E-state index in [0.717, 1.165) is 16.7 Å². The van der Waals surface area contributed by atoms with Crippen molar-refractivity contribution in [2.75, 3.05) is 0 Å². The van der Waals surface area contributed by atoms with Crippen molar-refractivity contribution in [3.8, 4) is 0 Å². The van der Waals surface area contributed by atoms with Gasteiger partial charge in [0.25, 0.3) is 0 Å². The molecule has 3 aromatic rings. The van der Waals surface area contributed by atoms with Crippen molar-refractivity contribution in [2.45, 2.75) is 38.3 Å². The molecular formula is C17H18BrN3. The van der Waals surface area contributed by atoms with Crippen LogP contribution in [0.25, 0.3) is 10.9 Å². The lowest BCUT2D eigenvalue weighted by molar-refractivity contribution is 0.462. The highest BCUT2D eigenvalue weighted by Crippen LogP contribution is 2.29. The molecule has 0 unspecified atom stereocenters. The van der Waals surface area contributed by atoms with Gasteiger partial charge in [-0.25, -0.2) is 0 Å². The summed E-state index contributed by atoms with van der Waals surface area (Å²) in [5.74, 6) is 0. The van der Waals surface area contributed by atoms with Crippen molar-refractivity contribution in [3.05, 3.63) is 52.9 Å². The van der Waals surface area contributed by atoms with Crippen molar-refractivity contribution in [2.24, 2.45) is 0 Å². The maximum absolute atomic E-state index is 4.78. The molecule has 1 aliphatic rings. The fourth-order valence-corrected chi connectivity index (χ4v) is 3.70. The molecule has 108 valence electrons. The number of rotatable bonds is 3. The summed E-state index contributed by atoms with van der Waals surface area (Å²) in [5, 5.41) is 6.04. The van der Waals surface area contributed by atoms with E-state index in [1.807, 2.05) is 0 Å². The van der Waals surface area contributed by atoms with Gasteiger partial charge in [0.05, 0.1) is 18.3 Å². The molecule has 0 spiro atoms. The summed E-state index contributed by atoms with van der Waals surface area (Å²) in [4.78, 5) is 0. The second kappa shape index (κ2) is 5.34. The van der Waals surface area contributed by atoms with E-state index < -0.39 is 0 Å². The van der Waals surface area contributed by atoms with Crippen LogP contribution in [0.5, 0.6) is 0 Å². The zero-order valence-electron chi connectivity index (χ0n) is 11.9. The minimum absolute atomic E-state index is 0.621. The van der Waals surface area contributed by atoms with Crippen LogP contribution < -0.4 is 0 Å². The smallest absolute Gasteiger partial charge is 0.0821 e. The van der Waals surface area contributed by atoms with E-state index in [9.17, 15) is 0 Å². The average molecular weight is 344 g/mol. The van der Waals surface area contributed by atoms with E-state index in [2.05, 4.69) is 67.9 Å². The Morgan fingerprint density at radius 2 is 1.95 bits per heavy atom. The van der Waals surface area contributed by atoms with Crippen LogP contribution in [0.3, 0.4) is 0 Å². The van der Waals surface area contributed by atoms with Crippen LogP contribution in [0.1, 0.15) is 37.4 Å². The molecule has 0 radical (unpaired) electrons. The maximum Gasteiger partial charge on any atom is 0.0821 e. The van der Waals surface area contributed by atoms with Crippen LogP contribution in [-0.2, 0) is 6.54 Å². The molecule has 1 saturated carbocycles. The predicted molar refractivity (Wildman–Crippen MR) is 88.5 cm³/mol. The second-order valence-corrected chi connectivity index (χ2v) is 6.79. The summed E-state index contributed by atoms with van der Waals surface area (Å²) in [6.07, 6.45) is 9.54. The molecule has 0 amide bonds. The predicted octanol–water partition coefficient (Wildman–Crippen LogP) is 4.76. The Hall–Kier alpha value is -1.55. The molecule has 1 aromatic carbocycles. The largest absolute Gasteiger partial charge is 0.341 e. The fourth-order valence-electron chi connectivity index (χ4n) is 3.32. The average Bonchev–Trinajstić information content (AvgIpc) is 3.19. The zero-order chi connectivity index (χ0) is 14.2. The number of hydrogen-bond donors (Lipinski definition) is 0. The van der Waals surface area contributed by atoms with E-state index in [0.29, 0.717) is 6.04 Å². The maximum atomic E-state index is 4.78. The molecule has 2 aromatic heterocycles. The highest BCUT2D eigenvalue weighted by Gasteiger charge is 2.17. The third-order valence-electron chi connectivity index (χ3n) is 4.43. The number of nitrogens with zero attached hydrogens (tertiary/aromatic N) is 3. The summed E-state index contributed by atoms with van der Waals surface area (Å²) in [6, 6.07) is 11.3. The van der Waals surface area contributed by atoms with Crippen LogP contribution >= 0.6 is 15.9 Å². The van der Waals surface area contributed by atoms with Crippen molar-refractivity contribution in [1.82, 2.24) is 14.3 Å². The monoisotopic (exact) mass is 343 g/mol. The Bertz CT molecular complexity index is 765. The standard InChI is InChI=1S/C17H18BrN3/c18-14-5-6-17-13(11-14)7-9-20(17)12-15-8-10-21(19-15)16-3-1-2-4-16/h5-11,16H,1-4,12H2. The molecule has 1 aliphatic carbocycles. The summed E-state index contributed by atoms with van der Waals surface area (Å²) >= 11 is 3.52. The van der Waals surface area contributed by atoms with E-state index in [-0.39, 0.29) is 0 Å². The van der Waals surface area contributed by atoms with Gasteiger partial charge in [0.15, 0.2) is 0 Å². The first kappa shape index (κ1) is 13.1. The van der Waals surface area contributed by atoms with E-state index in [1.165, 1.54) is 36.6 Å². The number of hydrogen-bond acceptors (Lipinski definition) is 1. The van der Waals surface area contributed by atoms with E-state index in [4.69, 9.17) is 5.10 Å². The lowest BCUT2D eigenvalue weighted by atomic mass is 10.2. The third-order valence-corrected chi connectivity index (χ3v) is 4.92. The van der Waals surface area contributed by atoms with Crippen LogP contribution in [0.2, 0.25) is 0 Å². The highest BCUT2D eigenvalue weighted by molar-refractivity contribution is 9.10. The lowest BCUT2D eigenvalue weighted by Gasteiger charge is -2.09. The van der Waals surface area contributed by atoms with Crippen molar-refractivity contribution in [3.63, 3.8) is 0 Å². The molecule has 4 heteroatoms. The van der Waals surface area contributed by atoms with E-state index in [1.54, 1.807) is 0 Å². The van der Waals surface area contributed by atoms with Crippen molar-refractivity contribution < 1.29 is 0 Å². The Morgan fingerprint density at radius 3 is 2.81 bits per heavy atom. The molecule has 0 bridgehead atoms. The molecule has 0 saturated heterocycles. The Balaban J connectivity index is 1.59. The molecule has 21 heavy (non-hydrogen) atoms. The van der Waals surface area contributed by atoms with Crippen molar-refractivity contribution in [1.29, 1.82) is 0 Å². The Morgan fingerprint density at radius 1 is 1.10 bits per heavy atom. The van der Waals surface area contributed by atoms with Gasteiger partial charge >= 0.3 is 0 Å². The number of halogens is 1. The quantitative estimate of drug-likeness (QED) is 0.671. The summed E-state index contributed by atoms with van der Waals surface area (Å²) in [5.41, 5.74) is 2.40. The van der Waals surface area contributed by atoms with Crippen LogP contribution in [-0.4, -0.2) is 14.3 Å². The minimum atomic E-state index is 0.621. The van der Waals surface area contributed by atoms with Gasteiger partial charge in [-0.2, -0.15) is 5.10 Å². The van der Waals surface area contributed by atoms with Gasteiger partial charge in [-0.15, -0.1) is 0 Å². The first-order valence-corrected chi connectivity index (χ1v) is 8.37. The fraction of sp³-hybridized carbons (Fsp3) is 0.353. The molecule has 0 aliphatic heterocycles. The topological polar surface area (TPSA) is 22.8 Å². The molecule has 1 fully saturated rings. The normalized spacial score (nSPS) is 16.0. The van der Waals surface area contributed by atoms with Gasteiger partial charge in [-0.1, -0.05) is 28.8 Å². The Kier molecular flexibility index (Phi) is 3.34. The van der Waals surface area contributed by atoms with Crippen LogP contribution in [0, 0.1) is 0 Å². The summed E-state index contributed by atoms with van der Waals surface area (Å²) in [7, 11) is 0. The van der Waals surface area contributed by atoms with Gasteiger partial charge < -0.3 is 4.57 Å². The van der Waals surface area contributed by atoms with Gasteiger partial charge in [0, 0.05) is 27.8 Å². The lowest BCUT2D eigenvalue weighted by Crippen LogP contribution is -2.06. The first-order valence-electron chi connectivity index (χ1n) is 7.58. The zero-order valence-corrected chi connectivity index (χ0v) is 13.5. The highest BCUT2D eigenvalue weighted by atomic mass is 79.9. The van der Waals surface area contributed by atoms with Gasteiger partial charge in [-0.05, 0) is 43.2 Å². The minimum Gasteiger partial charge on any atom is -0.341 e. The number of aromatic nitrogens is 3. The van der Waals surface area contributed by atoms with Gasteiger partial charge in [0.2, 0.25) is 0 Å². The molecular weight excluding hydrogens is 326 g/mol. The summed E-state index contributed by atoms with van der Waals surface area (Å²) < 4.78 is 5.56. The Labute approximate surface area is 132 Å². The molecule has 0 N–H and O–H groups in total. The number of fused-ring (bicyclic) bond motifs is 1. The van der Waals surface area contributed by atoms with E-state index >= 15 is 0 Å². The van der Waals surface area contributed by atoms with Gasteiger partial charge in [0.1, 0.15) is 0 Å². The first-order chi connectivity index (χ1) is 10.3. The third kappa shape index (κ3) is 2.53. The second-order valence-electron chi connectivity index (χ2n) is 5.87. The molecule has 2 heterocycles. The van der Waals surface area contributed by atoms with Crippen LogP contribution in [0.15, 0.2) is 47.2 Å². The van der Waals surface area contributed by atoms with Gasteiger partial charge in [-0.3, -0.25) is 4.68 Å². The van der Waals surface area contributed by atoms with Crippen LogP contribution in [0.4, 0.5) is 0 Å².